The first-order valence-electron chi connectivity index (χ1n) is 10.2. The molecule has 0 aliphatic carbocycles. The van der Waals surface area contributed by atoms with E-state index in [1.165, 1.54) is 12.1 Å². The summed E-state index contributed by atoms with van der Waals surface area (Å²) in [5.74, 6) is 0.632. The van der Waals surface area contributed by atoms with E-state index in [1.807, 2.05) is 18.2 Å². The lowest BCUT2D eigenvalue weighted by atomic mass is 10.0. The number of benzene rings is 2. The Labute approximate surface area is 168 Å². The Kier molecular flexibility index (Phi) is 7.83. The van der Waals surface area contributed by atoms with Crippen LogP contribution in [0.25, 0.3) is 0 Å². The fourth-order valence-electron chi connectivity index (χ4n) is 3.59. The summed E-state index contributed by atoms with van der Waals surface area (Å²) in [4.78, 5) is 4.91. The van der Waals surface area contributed by atoms with Gasteiger partial charge >= 0.3 is 0 Å². The first-order chi connectivity index (χ1) is 13.6. The summed E-state index contributed by atoms with van der Waals surface area (Å²) >= 11 is 0. The third kappa shape index (κ3) is 6.59. The van der Waals surface area contributed by atoms with Crippen LogP contribution in [0.5, 0.6) is 5.75 Å². The number of para-hydroxylation sites is 1. The lowest BCUT2D eigenvalue weighted by Crippen LogP contribution is -2.44. The van der Waals surface area contributed by atoms with Crippen LogP contribution in [0, 0.1) is 5.82 Å². The van der Waals surface area contributed by atoms with Gasteiger partial charge in [-0.15, -0.1) is 0 Å². The van der Waals surface area contributed by atoms with Crippen LogP contribution in [0.3, 0.4) is 0 Å². The summed E-state index contributed by atoms with van der Waals surface area (Å²) in [6.07, 6.45) is 2.95. The first kappa shape index (κ1) is 20.8. The fraction of sp³-hybridized carbons (Fsp3) is 0.478. The van der Waals surface area contributed by atoms with Crippen molar-refractivity contribution in [1.82, 2.24) is 9.80 Å². The predicted molar refractivity (Wildman–Crippen MR) is 112 cm³/mol. The lowest BCUT2D eigenvalue weighted by molar-refractivity contribution is 0.151. The van der Waals surface area contributed by atoms with Crippen molar-refractivity contribution in [2.45, 2.75) is 31.9 Å². The molecule has 1 aliphatic rings. The molecule has 28 heavy (non-hydrogen) atoms. The van der Waals surface area contributed by atoms with Gasteiger partial charge in [0.2, 0.25) is 0 Å². The van der Waals surface area contributed by atoms with Crippen molar-refractivity contribution in [3.63, 3.8) is 0 Å². The van der Waals surface area contributed by atoms with Gasteiger partial charge in [0, 0.05) is 32.2 Å². The molecule has 1 atom stereocenters. The van der Waals surface area contributed by atoms with Gasteiger partial charge in [0.25, 0.3) is 0 Å². The Morgan fingerprint density at radius 2 is 1.75 bits per heavy atom. The molecule has 0 bridgehead atoms. The van der Waals surface area contributed by atoms with Crippen molar-refractivity contribution in [2.24, 2.45) is 5.73 Å². The normalized spacial score (nSPS) is 16.8. The summed E-state index contributed by atoms with van der Waals surface area (Å²) in [7, 11) is 2.18. The van der Waals surface area contributed by atoms with E-state index in [1.54, 1.807) is 12.1 Å². The minimum atomic E-state index is -0.230. The molecule has 1 unspecified atom stereocenters. The van der Waals surface area contributed by atoms with Gasteiger partial charge in [-0.1, -0.05) is 30.3 Å². The van der Waals surface area contributed by atoms with E-state index < -0.39 is 0 Å². The van der Waals surface area contributed by atoms with Crippen LogP contribution in [0.4, 0.5) is 4.39 Å². The van der Waals surface area contributed by atoms with E-state index in [9.17, 15) is 4.39 Å². The summed E-state index contributed by atoms with van der Waals surface area (Å²) in [5, 5.41) is 0. The first-order valence-corrected chi connectivity index (χ1v) is 10.2. The zero-order chi connectivity index (χ0) is 19.8. The molecule has 0 amide bonds. The van der Waals surface area contributed by atoms with E-state index in [0.717, 1.165) is 68.9 Å². The molecular formula is C23H32FN3O. The maximum atomic E-state index is 13.0. The molecule has 2 aromatic carbocycles. The molecule has 4 nitrogen and oxygen atoms in total. The van der Waals surface area contributed by atoms with Crippen LogP contribution in [-0.2, 0) is 13.0 Å². The summed E-state index contributed by atoms with van der Waals surface area (Å²) in [6.45, 7) is 6.19. The molecule has 0 saturated carbocycles. The molecule has 1 saturated heterocycles. The van der Waals surface area contributed by atoms with E-state index in [-0.39, 0.29) is 11.9 Å². The Balaban J connectivity index is 1.45. The number of nitrogens with zero attached hydrogens (tertiary/aromatic N) is 2. The number of hydrogen-bond acceptors (Lipinski definition) is 4. The Hall–Kier alpha value is -1.95. The lowest BCUT2D eigenvalue weighted by Gasteiger charge is -2.32. The zero-order valence-electron chi connectivity index (χ0n) is 16.8. The van der Waals surface area contributed by atoms with E-state index in [4.69, 9.17) is 10.5 Å². The molecule has 1 aliphatic heterocycles. The van der Waals surface area contributed by atoms with E-state index in [2.05, 4.69) is 22.9 Å². The number of halogens is 1. The largest absolute Gasteiger partial charge is 0.489 e. The Morgan fingerprint density at radius 3 is 2.50 bits per heavy atom. The summed E-state index contributed by atoms with van der Waals surface area (Å²) in [5.41, 5.74) is 8.50. The minimum absolute atomic E-state index is 0.128. The Bertz CT molecular complexity index is 714. The minimum Gasteiger partial charge on any atom is -0.489 e. The molecule has 3 rings (SSSR count). The van der Waals surface area contributed by atoms with Crippen LogP contribution in [0.1, 0.15) is 24.0 Å². The van der Waals surface area contributed by atoms with Gasteiger partial charge in [-0.3, -0.25) is 0 Å². The maximum absolute atomic E-state index is 13.0. The Morgan fingerprint density at radius 1 is 1.04 bits per heavy atom. The van der Waals surface area contributed by atoms with Crippen LogP contribution in [-0.4, -0.2) is 55.6 Å². The zero-order valence-corrected chi connectivity index (χ0v) is 16.8. The van der Waals surface area contributed by atoms with Crippen molar-refractivity contribution in [3.05, 3.63) is 65.5 Å². The molecule has 1 heterocycles. The third-order valence-corrected chi connectivity index (χ3v) is 5.41. The van der Waals surface area contributed by atoms with Crippen LogP contribution in [0.2, 0.25) is 0 Å². The van der Waals surface area contributed by atoms with Crippen molar-refractivity contribution < 1.29 is 9.13 Å². The molecule has 152 valence electrons. The molecule has 0 aromatic heterocycles. The molecule has 0 spiro atoms. The van der Waals surface area contributed by atoms with Crippen molar-refractivity contribution in [3.8, 4) is 5.75 Å². The smallest absolute Gasteiger partial charge is 0.123 e. The molecule has 2 aromatic rings. The number of ether oxygens (including phenoxy) is 1. The third-order valence-electron chi connectivity index (χ3n) is 5.41. The maximum Gasteiger partial charge on any atom is 0.123 e. The standard InChI is InChI=1S/C23H32FN3O/c1-26-13-15-27(16-14-26)12-4-6-22(25)17-20-5-2-3-7-23(20)28-18-19-8-10-21(24)11-9-19/h2-3,5,7-11,22H,4,6,12-18,25H2,1H3. The van der Waals surface area contributed by atoms with Crippen LogP contribution < -0.4 is 10.5 Å². The molecular weight excluding hydrogens is 353 g/mol. The van der Waals surface area contributed by atoms with Gasteiger partial charge in [-0.25, -0.2) is 4.39 Å². The van der Waals surface area contributed by atoms with Gasteiger partial charge in [0.15, 0.2) is 0 Å². The number of nitrogens with two attached hydrogens (primary N) is 1. The van der Waals surface area contributed by atoms with Crippen molar-refractivity contribution in [1.29, 1.82) is 0 Å². The highest BCUT2D eigenvalue weighted by molar-refractivity contribution is 5.34. The number of hydrogen-bond donors (Lipinski definition) is 1. The highest BCUT2D eigenvalue weighted by Gasteiger charge is 2.14. The summed E-state index contributed by atoms with van der Waals surface area (Å²) in [6, 6.07) is 14.6. The van der Waals surface area contributed by atoms with Gasteiger partial charge in [0.05, 0.1) is 0 Å². The SMILES string of the molecule is CN1CCN(CCCC(N)Cc2ccccc2OCc2ccc(F)cc2)CC1. The highest BCUT2D eigenvalue weighted by Crippen LogP contribution is 2.21. The molecule has 0 radical (unpaired) electrons. The van der Waals surface area contributed by atoms with Crippen LogP contribution >= 0.6 is 0 Å². The van der Waals surface area contributed by atoms with Gasteiger partial charge in [-0.05, 0) is 62.2 Å². The monoisotopic (exact) mass is 385 g/mol. The second kappa shape index (κ2) is 10.6. The van der Waals surface area contributed by atoms with Crippen molar-refractivity contribution in [2.75, 3.05) is 39.8 Å². The fourth-order valence-corrected chi connectivity index (χ4v) is 3.59. The number of likely N-dealkylation sites (N-methyl/N-ethyl adjacent to an activating group) is 1. The summed E-state index contributed by atoms with van der Waals surface area (Å²) < 4.78 is 19.0. The topological polar surface area (TPSA) is 41.7 Å². The van der Waals surface area contributed by atoms with Gasteiger partial charge < -0.3 is 20.3 Å². The second-order valence-electron chi connectivity index (χ2n) is 7.77. The molecule has 1 fully saturated rings. The van der Waals surface area contributed by atoms with Crippen LogP contribution in [0.15, 0.2) is 48.5 Å². The second-order valence-corrected chi connectivity index (χ2v) is 7.77. The predicted octanol–water partition coefficient (Wildman–Crippen LogP) is 3.30. The van der Waals surface area contributed by atoms with Gasteiger partial charge in [0.1, 0.15) is 18.2 Å². The van der Waals surface area contributed by atoms with Gasteiger partial charge in [-0.2, -0.15) is 0 Å². The van der Waals surface area contributed by atoms with E-state index in [0.29, 0.717) is 6.61 Å². The average Bonchev–Trinajstić information content (AvgIpc) is 2.70. The molecule has 2 N–H and O–H groups in total. The highest BCUT2D eigenvalue weighted by atomic mass is 19.1. The average molecular weight is 386 g/mol. The molecule has 5 heteroatoms. The van der Waals surface area contributed by atoms with Crippen molar-refractivity contribution >= 4 is 0 Å². The van der Waals surface area contributed by atoms with E-state index >= 15 is 0 Å². The number of piperazine rings is 1. The number of rotatable bonds is 9. The quantitative estimate of drug-likeness (QED) is 0.719.